The van der Waals surface area contributed by atoms with Crippen LogP contribution in [0, 0.1) is 5.92 Å². The zero-order chi connectivity index (χ0) is 27.9. The van der Waals surface area contributed by atoms with Gasteiger partial charge in [0.2, 0.25) is 11.8 Å². The average molecular weight is 549 g/mol. The summed E-state index contributed by atoms with van der Waals surface area (Å²) in [7, 11) is 0. The van der Waals surface area contributed by atoms with Crippen LogP contribution in [-0.2, 0) is 20.8 Å². The van der Waals surface area contributed by atoms with E-state index in [2.05, 4.69) is 20.8 Å². The summed E-state index contributed by atoms with van der Waals surface area (Å²) in [4.78, 5) is 51.5. The molecule has 2 heterocycles. The van der Waals surface area contributed by atoms with Crippen molar-refractivity contribution in [2.75, 3.05) is 13.1 Å². The third-order valence-corrected chi connectivity index (χ3v) is 6.98. The maximum absolute atomic E-state index is 13.4. The minimum atomic E-state index is -0.745. The Balaban J connectivity index is 1.50. The molecule has 202 valence electrons. The summed E-state index contributed by atoms with van der Waals surface area (Å²) in [6, 6.07) is 11.3. The van der Waals surface area contributed by atoms with Gasteiger partial charge in [0.05, 0.1) is 11.7 Å². The van der Waals surface area contributed by atoms with Crippen molar-refractivity contribution in [3.63, 3.8) is 0 Å². The number of hydrogen-bond acceptors (Lipinski definition) is 7. The van der Waals surface area contributed by atoms with Gasteiger partial charge in [-0.25, -0.2) is 0 Å². The monoisotopic (exact) mass is 548 g/mol. The van der Waals surface area contributed by atoms with E-state index in [0.717, 1.165) is 12.0 Å². The Hall–Kier alpha value is -4.18. The summed E-state index contributed by atoms with van der Waals surface area (Å²) in [6.45, 7) is 4.20. The van der Waals surface area contributed by atoms with Crippen LogP contribution < -0.4 is 5.32 Å². The van der Waals surface area contributed by atoms with Gasteiger partial charge < -0.3 is 10.2 Å². The van der Waals surface area contributed by atoms with Crippen molar-refractivity contribution in [1.29, 1.82) is 0 Å². The molecule has 0 bridgehead atoms. The van der Waals surface area contributed by atoms with E-state index >= 15 is 0 Å². The molecule has 4 rings (SSSR count). The molecule has 1 unspecified atom stereocenters. The minimum absolute atomic E-state index is 0.00202. The average Bonchev–Trinajstić information content (AvgIpc) is 3.60. The molecule has 0 aliphatic carbocycles. The Labute approximate surface area is 231 Å². The number of benzene rings is 2. The number of carbonyl (C=O) groups is 4. The lowest BCUT2D eigenvalue weighted by molar-refractivity contribution is -0.128. The maximum atomic E-state index is 13.4. The van der Waals surface area contributed by atoms with Gasteiger partial charge >= 0.3 is 0 Å². The molecule has 1 N–H and O–H groups in total. The lowest BCUT2D eigenvalue weighted by Crippen LogP contribution is -2.42. The molecule has 39 heavy (non-hydrogen) atoms. The Morgan fingerprint density at radius 2 is 1.90 bits per heavy atom. The van der Waals surface area contributed by atoms with Gasteiger partial charge in [-0.1, -0.05) is 35.9 Å². The van der Waals surface area contributed by atoms with Gasteiger partial charge in [-0.15, -0.1) is 5.10 Å². The summed E-state index contributed by atoms with van der Waals surface area (Å²) in [5.41, 5.74) is 2.57. The van der Waals surface area contributed by atoms with Crippen molar-refractivity contribution >= 4 is 41.1 Å². The number of hydrogen-bond donors (Lipinski definition) is 1. The molecule has 1 aliphatic rings. The number of nitrogens with one attached hydrogen (secondary N) is 1. The van der Waals surface area contributed by atoms with Crippen LogP contribution in [0.2, 0.25) is 5.02 Å². The Bertz CT molecular complexity index is 1390. The molecule has 1 fully saturated rings. The van der Waals surface area contributed by atoms with Gasteiger partial charge in [-0.3, -0.25) is 19.2 Å². The number of Topliss-reactive ketones (excluding diaryl/α,β-unsaturated/α-hetero) is 2. The van der Waals surface area contributed by atoms with Crippen LogP contribution in [0.1, 0.15) is 48.2 Å². The number of aromatic nitrogens is 4. The van der Waals surface area contributed by atoms with Gasteiger partial charge in [0.1, 0.15) is 6.33 Å². The number of likely N-dealkylation sites (tertiary alicyclic amines) is 1. The molecule has 0 saturated carbocycles. The minimum Gasteiger partial charge on any atom is -0.343 e. The topological polar surface area (TPSA) is 127 Å². The van der Waals surface area contributed by atoms with Gasteiger partial charge in [0.15, 0.2) is 11.6 Å². The molecule has 1 aliphatic heterocycles. The molecular weight excluding hydrogens is 520 g/mol. The fourth-order valence-electron chi connectivity index (χ4n) is 4.62. The second-order valence-corrected chi connectivity index (χ2v) is 10.0. The fraction of sp³-hybridized carbons (Fsp3) is 0.321. The summed E-state index contributed by atoms with van der Waals surface area (Å²) in [6.07, 6.45) is 5.66. The van der Waals surface area contributed by atoms with Crippen LogP contribution in [0.25, 0.3) is 11.8 Å². The smallest absolute Gasteiger partial charge is 0.244 e. The number of amides is 2. The fourth-order valence-corrected chi connectivity index (χ4v) is 4.80. The van der Waals surface area contributed by atoms with Gasteiger partial charge in [0, 0.05) is 48.7 Å². The van der Waals surface area contributed by atoms with Crippen molar-refractivity contribution in [1.82, 2.24) is 30.4 Å². The Morgan fingerprint density at radius 1 is 1.13 bits per heavy atom. The van der Waals surface area contributed by atoms with Crippen molar-refractivity contribution in [2.24, 2.45) is 5.92 Å². The second-order valence-electron chi connectivity index (χ2n) is 9.60. The molecule has 10 nitrogen and oxygen atoms in total. The van der Waals surface area contributed by atoms with E-state index in [1.165, 1.54) is 30.9 Å². The van der Waals surface area contributed by atoms with Crippen LogP contribution in [0.5, 0.6) is 0 Å². The third-order valence-electron chi connectivity index (χ3n) is 6.74. The van der Waals surface area contributed by atoms with Gasteiger partial charge in [-0.2, -0.15) is 4.68 Å². The van der Waals surface area contributed by atoms with Crippen LogP contribution >= 0.6 is 11.6 Å². The van der Waals surface area contributed by atoms with Crippen LogP contribution in [0.3, 0.4) is 0 Å². The molecule has 2 amide bonds. The van der Waals surface area contributed by atoms with E-state index in [0.29, 0.717) is 41.3 Å². The highest BCUT2D eigenvalue weighted by molar-refractivity contribution is 6.30. The molecule has 0 spiro atoms. The van der Waals surface area contributed by atoms with Gasteiger partial charge in [0.25, 0.3) is 0 Å². The van der Waals surface area contributed by atoms with Crippen molar-refractivity contribution in [2.45, 2.75) is 39.2 Å². The first-order chi connectivity index (χ1) is 18.7. The lowest BCUT2D eigenvalue weighted by atomic mass is 9.93. The highest BCUT2D eigenvalue weighted by atomic mass is 35.5. The normalized spacial score (nSPS) is 15.9. The lowest BCUT2D eigenvalue weighted by Gasteiger charge is -2.21. The predicted molar refractivity (Wildman–Crippen MR) is 145 cm³/mol. The van der Waals surface area contributed by atoms with E-state index in [9.17, 15) is 19.2 Å². The number of nitrogens with zero attached hydrogens (tertiary/aromatic N) is 5. The molecular formula is C28H29ClN6O4. The van der Waals surface area contributed by atoms with E-state index in [1.807, 2.05) is 0 Å². The summed E-state index contributed by atoms with van der Waals surface area (Å²) in [5, 5.41) is 14.5. The number of ketones is 2. The number of rotatable bonds is 10. The molecule has 11 heteroatoms. The SMILES string of the molecule is CC(=O)c1ccc(CC(=O)[C@H](CC2CCN(C(C)=O)C2)NC(=O)/C=C/c2cc(Cl)ccc2-n2cnnn2)cc1. The van der Waals surface area contributed by atoms with Crippen LogP contribution in [0.4, 0.5) is 0 Å². The highest BCUT2D eigenvalue weighted by Crippen LogP contribution is 2.23. The number of tetrazole rings is 1. The van der Waals surface area contributed by atoms with Crippen LogP contribution in [0.15, 0.2) is 54.9 Å². The van der Waals surface area contributed by atoms with Crippen molar-refractivity contribution in [3.05, 3.63) is 76.6 Å². The molecule has 1 aromatic heterocycles. The summed E-state index contributed by atoms with van der Waals surface area (Å²) >= 11 is 6.17. The zero-order valence-corrected chi connectivity index (χ0v) is 22.5. The predicted octanol–water partition coefficient (Wildman–Crippen LogP) is 3.09. The van der Waals surface area contributed by atoms with Crippen molar-refractivity contribution in [3.8, 4) is 5.69 Å². The zero-order valence-electron chi connectivity index (χ0n) is 21.7. The van der Waals surface area contributed by atoms with Gasteiger partial charge in [-0.05, 0) is 65.9 Å². The number of halogens is 1. The van der Waals surface area contributed by atoms with Crippen molar-refractivity contribution < 1.29 is 19.2 Å². The van der Waals surface area contributed by atoms with Crippen LogP contribution in [-0.4, -0.2) is 67.6 Å². The summed E-state index contributed by atoms with van der Waals surface area (Å²) < 4.78 is 1.46. The third kappa shape index (κ3) is 7.44. The standard InChI is InChI=1S/C28H29ClN6O4/c1-18(36)22-5-3-20(4-6-22)14-27(38)25(13-21-11-12-34(16-21)19(2)37)31-28(39)10-7-23-15-24(29)8-9-26(23)35-17-30-32-33-35/h3-10,15,17,21,25H,11-14,16H2,1-2H3,(H,31,39)/b10-7+/t21?,25-/m0/s1. The van der Waals surface area contributed by atoms with E-state index < -0.39 is 11.9 Å². The molecule has 2 aromatic carbocycles. The largest absolute Gasteiger partial charge is 0.343 e. The first-order valence-electron chi connectivity index (χ1n) is 12.6. The quantitative estimate of drug-likeness (QED) is 0.304. The van der Waals surface area contributed by atoms with E-state index in [4.69, 9.17) is 11.6 Å². The molecule has 2 atom stereocenters. The van der Waals surface area contributed by atoms with E-state index in [-0.39, 0.29) is 29.8 Å². The molecule has 1 saturated heterocycles. The molecule has 0 radical (unpaired) electrons. The second kappa shape index (κ2) is 12.6. The molecule has 3 aromatic rings. The Kier molecular flexibility index (Phi) is 8.98. The Morgan fingerprint density at radius 3 is 2.54 bits per heavy atom. The first kappa shape index (κ1) is 27.8. The van der Waals surface area contributed by atoms with E-state index in [1.54, 1.807) is 53.4 Å². The maximum Gasteiger partial charge on any atom is 0.244 e. The summed E-state index contributed by atoms with van der Waals surface area (Å²) in [5.74, 6) is -0.552. The number of carbonyl (C=O) groups excluding carboxylic acids is 4. The first-order valence-corrected chi connectivity index (χ1v) is 13.0. The highest BCUT2D eigenvalue weighted by Gasteiger charge is 2.30.